The molecule has 1 atom stereocenters. The molecule has 0 aliphatic heterocycles. The first-order valence-electron chi connectivity index (χ1n) is 4.74. The van der Waals surface area contributed by atoms with Gasteiger partial charge in [-0.3, -0.25) is 0 Å². The molecule has 0 heterocycles. The van der Waals surface area contributed by atoms with E-state index < -0.39 is 8.80 Å². The van der Waals surface area contributed by atoms with E-state index in [4.69, 9.17) is 13.3 Å². The van der Waals surface area contributed by atoms with Gasteiger partial charge in [-0.15, -0.1) is 12.6 Å². The molecule has 5 heteroatoms. The first kappa shape index (κ1) is 13.4. The number of hydrogen-bond acceptors (Lipinski definition) is 4. The molecule has 80 valence electrons. The molecule has 13 heavy (non-hydrogen) atoms. The van der Waals surface area contributed by atoms with Gasteiger partial charge in [0.2, 0.25) is 0 Å². The molecule has 0 aromatic rings. The van der Waals surface area contributed by atoms with Gasteiger partial charge in [-0.25, -0.2) is 0 Å². The molecule has 0 radical (unpaired) electrons. The molecule has 0 aliphatic carbocycles. The summed E-state index contributed by atoms with van der Waals surface area (Å²) in [6.07, 6.45) is 0. The second-order valence-electron chi connectivity index (χ2n) is 2.62. The molecule has 0 fully saturated rings. The monoisotopic (exact) mass is 224 g/mol. The van der Waals surface area contributed by atoms with Gasteiger partial charge in [-0.1, -0.05) is 6.92 Å². The van der Waals surface area contributed by atoms with E-state index in [0.717, 1.165) is 6.04 Å². The lowest BCUT2D eigenvalue weighted by Gasteiger charge is -2.29. The summed E-state index contributed by atoms with van der Waals surface area (Å²) >= 11 is 4.18. The molecule has 0 spiro atoms. The van der Waals surface area contributed by atoms with Crippen molar-refractivity contribution in [3.8, 4) is 0 Å². The standard InChI is InChI=1S/C8H20O3SSi/c1-5-9-13(7-3,10-6-2)11-8(4)12/h8,12H,5-7H2,1-4H3. The van der Waals surface area contributed by atoms with Gasteiger partial charge in [0.1, 0.15) is 0 Å². The molecule has 0 saturated heterocycles. The average molecular weight is 224 g/mol. The van der Waals surface area contributed by atoms with E-state index in [2.05, 4.69) is 12.6 Å². The third-order valence-electron chi connectivity index (χ3n) is 1.51. The smallest absolute Gasteiger partial charge is 0.374 e. The summed E-state index contributed by atoms with van der Waals surface area (Å²) in [5, 5.41) is 0. The van der Waals surface area contributed by atoms with Crippen molar-refractivity contribution >= 4 is 21.4 Å². The van der Waals surface area contributed by atoms with Gasteiger partial charge in [0, 0.05) is 19.3 Å². The van der Waals surface area contributed by atoms with Crippen molar-refractivity contribution in [3.05, 3.63) is 0 Å². The van der Waals surface area contributed by atoms with Crippen molar-refractivity contribution in [2.45, 2.75) is 39.2 Å². The highest BCUT2D eigenvalue weighted by Crippen LogP contribution is 2.18. The predicted molar refractivity (Wildman–Crippen MR) is 59.0 cm³/mol. The van der Waals surface area contributed by atoms with E-state index >= 15 is 0 Å². The Kier molecular flexibility index (Phi) is 7.07. The lowest BCUT2D eigenvalue weighted by atomic mass is 10.9. The zero-order chi connectivity index (χ0) is 10.3. The van der Waals surface area contributed by atoms with E-state index in [-0.39, 0.29) is 5.44 Å². The largest absolute Gasteiger partial charge is 0.501 e. The first-order chi connectivity index (χ1) is 6.10. The normalized spacial score (nSPS) is 14.5. The maximum absolute atomic E-state index is 5.63. The van der Waals surface area contributed by atoms with Crippen molar-refractivity contribution in [1.82, 2.24) is 0 Å². The van der Waals surface area contributed by atoms with Crippen LogP contribution in [0.3, 0.4) is 0 Å². The molecule has 0 saturated carbocycles. The zero-order valence-corrected chi connectivity index (χ0v) is 10.8. The lowest BCUT2D eigenvalue weighted by Crippen LogP contribution is -2.46. The van der Waals surface area contributed by atoms with Crippen LogP contribution in [0.15, 0.2) is 0 Å². The van der Waals surface area contributed by atoms with Crippen LogP contribution in [0, 0.1) is 0 Å². The maximum Gasteiger partial charge on any atom is 0.501 e. The van der Waals surface area contributed by atoms with Crippen LogP contribution in [-0.4, -0.2) is 27.5 Å². The third-order valence-corrected chi connectivity index (χ3v) is 4.85. The van der Waals surface area contributed by atoms with Crippen LogP contribution in [0.2, 0.25) is 6.04 Å². The van der Waals surface area contributed by atoms with Crippen LogP contribution >= 0.6 is 12.6 Å². The van der Waals surface area contributed by atoms with Gasteiger partial charge in [0.05, 0.1) is 5.44 Å². The van der Waals surface area contributed by atoms with Crippen molar-refractivity contribution in [1.29, 1.82) is 0 Å². The Hall–Kier alpha value is 0.447. The highest BCUT2D eigenvalue weighted by atomic mass is 32.1. The fourth-order valence-electron chi connectivity index (χ4n) is 1.10. The Labute approximate surface area is 87.5 Å². The van der Waals surface area contributed by atoms with Crippen LogP contribution < -0.4 is 0 Å². The summed E-state index contributed by atoms with van der Waals surface area (Å²) in [6.45, 7) is 9.04. The van der Waals surface area contributed by atoms with Gasteiger partial charge in [0.25, 0.3) is 0 Å². The minimum Gasteiger partial charge on any atom is -0.374 e. The average Bonchev–Trinajstić information content (AvgIpc) is 2.04. The minimum atomic E-state index is -2.41. The molecule has 0 bridgehead atoms. The fraction of sp³-hybridized carbons (Fsp3) is 1.00. The van der Waals surface area contributed by atoms with Crippen LogP contribution in [0.5, 0.6) is 0 Å². The van der Waals surface area contributed by atoms with Crippen molar-refractivity contribution in [3.63, 3.8) is 0 Å². The summed E-state index contributed by atoms with van der Waals surface area (Å²) < 4.78 is 16.8. The number of hydrogen-bond donors (Lipinski definition) is 1. The van der Waals surface area contributed by atoms with E-state index in [0.29, 0.717) is 13.2 Å². The molecule has 0 N–H and O–H groups in total. The summed E-state index contributed by atoms with van der Waals surface area (Å²) in [4.78, 5) is 0. The highest BCUT2D eigenvalue weighted by molar-refractivity contribution is 7.80. The molecule has 0 amide bonds. The fourth-order valence-corrected chi connectivity index (χ4v) is 3.77. The molecule has 0 aliphatic rings. The Balaban J connectivity index is 4.24. The van der Waals surface area contributed by atoms with Crippen LogP contribution in [0.25, 0.3) is 0 Å². The van der Waals surface area contributed by atoms with Crippen LogP contribution in [0.4, 0.5) is 0 Å². The Morgan fingerprint density at radius 2 is 1.62 bits per heavy atom. The van der Waals surface area contributed by atoms with Gasteiger partial charge in [-0.2, -0.15) is 0 Å². The molecule has 0 aromatic carbocycles. The van der Waals surface area contributed by atoms with Crippen LogP contribution in [-0.2, 0) is 13.3 Å². The summed E-state index contributed by atoms with van der Waals surface area (Å²) in [5.74, 6) is 0. The minimum absolute atomic E-state index is 0.135. The number of thiol groups is 1. The molecular formula is C8H20O3SSi. The van der Waals surface area contributed by atoms with Gasteiger partial charge < -0.3 is 13.3 Å². The van der Waals surface area contributed by atoms with E-state index in [1.54, 1.807) is 0 Å². The van der Waals surface area contributed by atoms with Gasteiger partial charge in [-0.05, 0) is 20.8 Å². The lowest BCUT2D eigenvalue weighted by molar-refractivity contribution is 0.0645. The topological polar surface area (TPSA) is 27.7 Å². The highest BCUT2D eigenvalue weighted by Gasteiger charge is 2.39. The molecule has 0 rings (SSSR count). The van der Waals surface area contributed by atoms with Gasteiger partial charge >= 0.3 is 8.80 Å². The summed E-state index contributed by atoms with van der Waals surface area (Å²) in [6, 6.07) is 0.791. The first-order valence-corrected chi connectivity index (χ1v) is 7.18. The van der Waals surface area contributed by atoms with Crippen LogP contribution in [0.1, 0.15) is 27.7 Å². The summed E-state index contributed by atoms with van der Waals surface area (Å²) in [7, 11) is -2.41. The quantitative estimate of drug-likeness (QED) is 0.408. The molecule has 1 unspecified atom stereocenters. The van der Waals surface area contributed by atoms with Gasteiger partial charge in [0.15, 0.2) is 0 Å². The molecule has 3 nitrogen and oxygen atoms in total. The second-order valence-corrected chi connectivity index (χ2v) is 6.23. The summed E-state index contributed by atoms with van der Waals surface area (Å²) in [5.41, 5.74) is -0.135. The predicted octanol–water partition coefficient (Wildman–Crippen LogP) is 2.31. The van der Waals surface area contributed by atoms with E-state index in [9.17, 15) is 0 Å². The molecular weight excluding hydrogens is 204 g/mol. The second kappa shape index (κ2) is 6.84. The van der Waals surface area contributed by atoms with Crippen molar-refractivity contribution < 1.29 is 13.3 Å². The maximum atomic E-state index is 5.63. The SMILES string of the molecule is CCO[Si](CC)(OCC)OC(C)S. The Morgan fingerprint density at radius 1 is 1.15 bits per heavy atom. The zero-order valence-electron chi connectivity index (χ0n) is 8.87. The van der Waals surface area contributed by atoms with Crippen molar-refractivity contribution in [2.24, 2.45) is 0 Å². The number of rotatable bonds is 7. The Bertz CT molecular complexity index is 127. The van der Waals surface area contributed by atoms with E-state index in [1.165, 1.54) is 0 Å². The third kappa shape index (κ3) is 5.02. The molecule has 0 aromatic heterocycles. The van der Waals surface area contributed by atoms with E-state index in [1.807, 2.05) is 27.7 Å². The Morgan fingerprint density at radius 3 is 1.85 bits per heavy atom. The van der Waals surface area contributed by atoms with Crippen molar-refractivity contribution in [2.75, 3.05) is 13.2 Å².